The number of ketones is 2. The number of nitrogens with zero attached hydrogens (tertiary/aromatic N) is 1. The van der Waals surface area contributed by atoms with Crippen LogP contribution in [0.4, 0.5) is 0 Å². The van der Waals surface area contributed by atoms with Crippen molar-refractivity contribution < 1.29 is 9.59 Å². The Kier molecular flexibility index (Phi) is 4.94. The van der Waals surface area contributed by atoms with Gasteiger partial charge >= 0.3 is 0 Å². The Balaban J connectivity index is 4.07. The van der Waals surface area contributed by atoms with Crippen molar-refractivity contribution in [1.82, 2.24) is 0 Å². The van der Waals surface area contributed by atoms with E-state index in [1.807, 2.05) is 13.0 Å². The third kappa shape index (κ3) is 3.29. The summed E-state index contributed by atoms with van der Waals surface area (Å²) in [6.07, 6.45) is 1.49. The zero-order chi connectivity index (χ0) is 9.56. The predicted molar refractivity (Wildman–Crippen MR) is 44.3 cm³/mol. The lowest BCUT2D eigenvalue weighted by Gasteiger charge is -2.08. The number of carbonyl (C=O) groups excluding carboxylic acids is 2. The Morgan fingerprint density at radius 2 is 2.08 bits per heavy atom. The van der Waals surface area contributed by atoms with Crippen LogP contribution in [-0.2, 0) is 9.59 Å². The largest absolute Gasteiger partial charge is 0.291 e. The smallest absolute Gasteiger partial charge is 0.201 e. The van der Waals surface area contributed by atoms with Crippen LogP contribution in [0.1, 0.15) is 33.1 Å². The first kappa shape index (κ1) is 10.8. The second-order valence-electron chi connectivity index (χ2n) is 2.72. The molecule has 0 aliphatic rings. The molecule has 0 unspecified atom stereocenters. The molecule has 0 saturated carbocycles. The fraction of sp³-hybridized carbons (Fsp3) is 0.667. The average molecular weight is 167 g/mol. The Hall–Kier alpha value is -1.17. The number of hydrogen-bond donors (Lipinski definition) is 0. The van der Waals surface area contributed by atoms with Crippen LogP contribution in [0.2, 0.25) is 0 Å². The van der Waals surface area contributed by atoms with Crippen molar-refractivity contribution in [2.24, 2.45) is 5.92 Å². The molecular formula is C9H13NO2. The summed E-state index contributed by atoms with van der Waals surface area (Å²) in [6, 6.07) is 1.96. The molecule has 0 amide bonds. The quantitative estimate of drug-likeness (QED) is 0.582. The van der Waals surface area contributed by atoms with Gasteiger partial charge in [0.05, 0.1) is 6.07 Å². The third-order valence-corrected chi connectivity index (χ3v) is 1.82. The van der Waals surface area contributed by atoms with E-state index in [-0.39, 0.29) is 11.7 Å². The fourth-order valence-electron chi connectivity index (χ4n) is 1.05. The second-order valence-corrected chi connectivity index (χ2v) is 2.72. The van der Waals surface area contributed by atoms with E-state index < -0.39 is 5.78 Å². The minimum atomic E-state index is -0.403. The lowest BCUT2D eigenvalue weighted by molar-refractivity contribution is -0.138. The van der Waals surface area contributed by atoms with Gasteiger partial charge in [-0.15, -0.1) is 0 Å². The van der Waals surface area contributed by atoms with Crippen molar-refractivity contribution in [2.75, 3.05) is 0 Å². The molecule has 0 aliphatic carbocycles. The van der Waals surface area contributed by atoms with Gasteiger partial charge in [0.1, 0.15) is 0 Å². The van der Waals surface area contributed by atoms with Crippen LogP contribution in [0.25, 0.3) is 0 Å². The third-order valence-electron chi connectivity index (χ3n) is 1.82. The SMILES string of the molecule is CC[C@@H](CCC#N)C(=O)C(C)=O. The molecule has 0 fully saturated rings. The molecule has 0 aromatic carbocycles. The molecule has 3 nitrogen and oxygen atoms in total. The van der Waals surface area contributed by atoms with Crippen LogP contribution >= 0.6 is 0 Å². The maximum absolute atomic E-state index is 11.1. The van der Waals surface area contributed by atoms with Gasteiger partial charge in [0.2, 0.25) is 5.78 Å². The molecule has 3 heteroatoms. The summed E-state index contributed by atoms with van der Waals surface area (Å²) in [6.45, 7) is 3.13. The van der Waals surface area contributed by atoms with E-state index >= 15 is 0 Å². The highest BCUT2D eigenvalue weighted by atomic mass is 16.2. The molecule has 12 heavy (non-hydrogen) atoms. The number of rotatable bonds is 5. The van der Waals surface area contributed by atoms with Crippen molar-refractivity contribution in [2.45, 2.75) is 33.1 Å². The van der Waals surface area contributed by atoms with Crippen LogP contribution in [0, 0.1) is 17.2 Å². The molecule has 0 aromatic rings. The molecule has 0 aliphatic heterocycles. The molecule has 0 spiro atoms. The summed E-state index contributed by atoms with van der Waals surface area (Å²) in [5.41, 5.74) is 0. The van der Waals surface area contributed by atoms with Crippen molar-refractivity contribution >= 4 is 11.6 Å². The van der Waals surface area contributed by atoms with Crippen LogP contribution in [0.3, 0.4) is 0 Å². The molecule has 0 bridgehead atoms. The maximum atomic E-state index is 11.1. The second kappa shape index (κ2) is 5.48. The summed E-state index contributed by atoms with van der Waals surface area (Å²) < 4.78 is 0. The normalized spacial score (nSPS) is 11.8. The molecule has 0 rings (SSSR count). The summed E-state index contributed by atoms with van der Waals surface area (Å²) in [7, 11) is 0. The first-order valence-corrected chi connectivity index (χ1v) is 4.05. The first-order valence-electron chi connectivity index (χ1n) is 4.05. The standard InChI is InChI=1S/C9H13NO2/c1-3-8(5-4-6-10)9(12)7(2)11/h8H,3-5H2,1-2H3/t8-/m0/s1. The van der Waals surface area contributed by atoms with Crippen LogP contribution in [0.15, 0.2) is 0 Å². The topological polar surface area (TPSA) is 57.9 Å². The Morgan fingerprint density at radius 3 is 2.42 bits per heavy atom. The zero-order valence-electron chi connectivity index (χ0n) is 7.46. The first-order chi connectivity index (χ1) is 5.63. The lowest BCUT2D eigenvalue weighted by atomic mass is 9.94. The van der Waals surface area contributed by atoms with Crippen molar-refractivity contribution in [3.63, 3.8) is 0 Å². The molecular weight excluding hydrogens is 154 g/mol. The van der Waals surface area contributed by atoms with Gasteiger partial charge in [0.25, 0.3) is 0 Å². The maximum Gasteiger partial charge on any atom is 0.201 e. The lowest BCUT2D eigenvalue weighted by Crippen LogP contribution is -2.20. The molecule has 0 N–H and O–H groups in total. The number of hydrogen-bond acceptors (Lipinski definition) is 3. The Morgan fingerprint density at radius 1 is 1.50 bits per heavy atom. The van der Waals surface area contributed by atoms with Gasteiger partial charge in [0, 0.05) is 19.3 Å². The number of carbonyl (C=O) groups is 2. The van der Waals surface area contributed by atoms with E-state index in [0.29, 0.717) is 19.3 Å². The summed E-state index contributed by atoms with van der Waals surface area (Å²) in [4.78, 5) is 21.8. The average Bonchev–Trinajstić information content (AvgIpc) is 2.05. The van der Waals surface area contributed by atoms with E-state index in [1.165, 1.54) is 6.92 Å². The minimum absolute atomic E-state index is 0.248. The molecule has 66 valence electrons. The van der Waals surface area contributed by atoms with E-state index in [4.69, 9.17) is 5.26 Å². The molecule has 0 saturated heterocycles. The predicted octanol–water partition coefficient (Wildman–Crippen LogP) is 1.47. The van der Waals surface area contributed by atoms with Gasteiger partial charge in [-0.3, -0.25) is 9.59 Å². The fourth-order valence-corrected chi connectivity index (χ4v) is 1.05. The zero-order valence-corrected chi connectivity index (χ0v) is 7.46. The van der Waals surface area contributed by atoms with Crippen LogP contribution in [-0.4, -0.2) is 11.6 Å². The highest BCUT2D eigenvalue weighted by Gasteiger charge is 2.19. The highest BCUT2D eigenvalue weighted by Crippen LogP contribution is 2.11. The summed E-state index contributed by atoms with van der Waals surface area (Å²) in [5.74, 6) is -0.991. The molecule has 0 radical (unpaired) electrons. The van der Waals surface area contributed by atoms with Gasteiger partial charge in [-0.2, -0.15) is 5.26 Å². The van der Waals surface area contributed by atoms with E-state index in [0.717, 1.165) is 0 Å². The van der Waals surface area contributed by atoms with E-state index in [9.17, 15) is 9.59 Å². The monoisotopic (exact) mass is 167 g/mol. The van der Waals surface area contributed by atoms with E-state index in [1.54, 1.807) is 0 Å². The van der Waals surface area contributed by atoms with Crippen molar-refractivity contribution in [3.05, 3.63) is 0 Å². The van der Waals surface area contributed by atoms with Crippen LogP contribution < -0.4 is 0 Å². The van der Waals surface area contributed by atoms with Gasteiger partial charge in [-0.1, -0.05) is 6.92 Å². The van der Waals surface area contributed by atoms with Crippen LogP contribution in [0.5, 0.6) is 0 Å². The number of Topliss-reactive ketones (excluding diaryl/α,β-unsaturated/α-hetero) is 2. The van der Waals surface area contributed by atoms with Gasteiger partial charge in [-0.25, -0.2) is 0 Å². The Bertz CT molecular complexity index is 215. The van der Waals surface area contributed by atoms with Crippen molar-refractivity contribution in [3.8, 4) is 6.07 Å². The van der Waals surface area contributed by atoms with Crippen molar-refractivity contribution in [1.29, 1.82) is 5.26 Å². The van der Waals surface area contributed by atoms with E-state index in [2.05, 4.69) is 0 Å². The Labute approximate surface area is 72.4 Å². The minimum Gasteiger partial charge on any atom is -0.291 e. The summed E-state index contributed by atoms with van der Waals surface area (Å²) in [5, 5.41) is 8.28. The molecule has 1 atom stereocenters. The highest BCUT2D eigenvalue weighted by molar-refractivity contribution is 6.36. The van der Waals surface area contributed by atoms with Gasteiger partial charge in [0.15, 0.2) is 5.78 Å². The summed E-state index contributed by atoms with van der Waals surface area (Å²) >= 11 is 0. The van der Waals surface area contributed by atoms with Gasteiger partial charge < -0.3 is 0 Å². The van der Waals surface area contributed by atoms with Gasteiger partial charge in [-0.05, 0) is 12.8 Å². The molecule has 0 aromatic heterocycles. The molecule has 0 heterocycles. The number of nitriles is 1.